The van der Waals surface area contributed by atoms with Crippen molar-refractivity contribution >= 4 is 21.9 Å². The van der Waals surface area contributed by atoms with E-state index >= 15 is 0 Å². The number of fused-ring (bicyclic) bond motifs is 2. The molecular weight excluding hydrogens is 268 g/mol. The van der Waals surface area contributed by atoms with Gasteiger partial charge >= 0.3 is 0 Å². The summed E-state index contributed by atoms with van der Waals surface area (Å²) >= 11 is 0. The number of tetrazole rings is 1. The van der Waals surface area contributed by atoms with Crippen LogP contribution in [-0.2, 0) is 7.05 Å². The van der Waals surface area contributed by atoms with Gasteiger partial charge in [0.2, 0.25) is 5.82 Å². The minimum atomic E-state index is -0.0449. The molecule has 1 N–H and O–H groups in total. The Morgan fingerprint density at radius 2 is 2.10 bits per heavy atom. The largest absolute Gasteiger partial charge is 0.328 e. The molecule has 0 aliphatic heterocycles. The lowest BCUT2D eigenvalue weighted by molar-refractivity contribution is 0.881. The molecule has 102 valence electrons. The number of benzene rings is 1. The molecule has 1 aromatic carbocycles. The molecule has 0 fully saturated rings. The summed E-state index contributed by atoms with van der Waals surface area (Å²) < 4.78 is 1.91. The topological polar surface area (TPSA) is 89.4 Å². The molecular formula is C14H10N6O. The van der Waals surface area contributed by atoms with Crippen molar-refractivity contribution in [1.82, 2.24) is 30.2 Å². The van der Waals surface area contributed by atoms with Crippen molar-refractivity contribution in [2.75, 3.05) is 0 Å². The number of aromatic amines is 1. The maximum Gasteiger partial charge on any atom is 0.204 e. The quantitative estimate of drug-likeness (QED) is 0.529. The Hall–Kier alpha value is -3.09. The number of aryl methyl sites for hydroxylation is 1. The normalized spacial score (nSPS) is 11.3. The first-order valence-electron chi connectivity index (χ1n) is 6.37. The first kappa shape index (κ1) is 11.7. The summed E-state index contributed by atoms with van der Waals surface area (Å²) in [5, 5.41) is 15.0. The van der Waals surface area contributed by atoms with E-state index in [2.05, 4.69) is 25.6 Å². The van der Waals surface area contributed by atoms with E-state index in [9.17, 15) is 4.79 Å². The molecule has 7 heteroatoms. The number of hydrogen-bond donors (Lipinski definition) is 1. The second-order valence-electron chi connectivity index (χ2n) is 4.73. The molecule has 0 amide bonds. The molecule has 0 bridgehead atoms. The number of rotatable bonds is 1. The average Bonchev–Trinajstić information content (AvgIpc) is 3.06. The van der Waals surface area contributed by atoms with Gasteiger partial charge in [0.25, 0.3) is 0 Å². The van der Waals surface area contributed by atoms with Crippen LogP contribution in [0.5, 0.6) is 0 Å². The van der Waals surface area contributed by atoms with Crippen LogP contribution in [-0.4, -0.2) is 30.2 Å². The zero-order valence-corrected chi connectivity index (χ0v) is 11.1. The lowest BCUT2D eigenvalue weighted by Gasteiger charge is -2.09. The van der Waals surface area contributed by atoms with Gasteiger partial charge in [-0.3, -0.25) is 4.79 Å². The van der Waals surface area contributed by atoms with E-state index in [0.717, 1.165) is 11.1 Å². The molecule has 0 unspecified atom stereocenters. The van der Waals surface area contributed by atoms with E-state index in [1.54, 1.807) is 24.4 Å². The van der Waals surface area contributed by atoms with Crippen molar-refractivity contribution < 1.29 is 0 Å². The predicted octanol–water partition coefficient (Wildman–Crippen LogP) is 1.27. The van der Waals surface area contributed by atoms with Crippen LogP contribution in [0.4, 0.5) is 0 Å². The number of nitrogens with zero attached hydrogens (tertiary/aromatic N) is 5. The van der Waals surface area contributed by atoms with Crippen LogP contribution in [0.15, 0.2) is 41.3 Å². The predicted molar refractivity (Wildman–Crippen MR) is 77.7 cm³/mol. The fourth-order valence-electron chi connectivity index (χ4n) is 2.53. The Morgan fingerprint density at radius 1 is 1.19 bits per heavy atom. The molecule has 0 aliphatic carbocycles. The lowest BCUT2D eigenvalue weighted by Crippen LogP contribution is -2.10. The van der Waals surface area contributed by atoms with Crippen molar-refractivity contribution in [2.24, 2.45) is 7.05 Å². The molecule has 0 radical (unpaired) electrons. The molecule has 0 aliphatic rings. The van der Waals surface area contributed by atoms with Gasteiger partial charge in [-0.25, -0.2) is 4.98 Å². The van der Waals surface area contributed by atoms with E-state index < -0.39 is 0 Å². The van der Waals surface area contributed by atoms with Crippen LogP contribution in [0.25, 0.3) is 33.3 Å². The first-order chi connectivity index (χ1) is 10.3. The van der Waals surface area contributed by atoms with Crippen LogP contribution in [0.3, 0.4) is 0 Å². The maximum atomic E-state index is 12.6. The molecule has 0 atom stereocenters. The van der Waals surface area contributed by atoms with Crippen LogP contribution < -0.4 is 5.43 Å². The van der Waals surface area contributed by atoms with Gasteiger partial charge < -0.3 is 4.57 Å². The van der Waals surface area contributed by atoms with E-state index in [-0.39, 0.29) is 5.43 Å². The van der Waals surface area contributed by atoms with Gasteiger partial charge in [0.15, 0.2) is 5.43 Å². The highest BCUT2D eigenvalue weighted by Gasteiger charge is 2.11. The average molecular weight is 278 g/mol. The minimum absolute atomic E-state index is 0.0449. The highest BCUT2D eigenvalue weighted by molar-refractivity contribution is 5.93. The fourth-order valence-corrected chi connectivity index (χ4v) is 2.53. The molecule has 0 saturated carbocycles. The zero-order valence-electron chi connectivity index (χ0n) is 11.1. The van der Waals surface area contributed by atoms with Gasteiger partial charge in [-0.05, 0) is 35.5 Å². The monoisotopic (exact) mass is 278 g/mol. The third-order valence-electron chi connectivity index (χ3n) is 3.56. The standard InChI is InChI=1S/C14H10N6O/c1-20-11-5-4-8(13-16-18-19-17-13)7-10(11)12(21)9-3-2-6-15-14(9)20/h2-7H,1H3,(H,16,17,18,19). The number of aromatic nitrogens is 6. The Bertz CT molecular complexity index is 1020. The molecule has 7 nitrogen and oxygen atoms in total. The Kier molecular flexibility index (Phi) is 2.34. The minimum Gasteiger partial charge on any atom is -0.328 e. The van der Waals surface area contributed by atoms with Crippen molar-refractivity contribution in [2.45, 2.75) is 0 Å². The van der Waals surface area contributed by atoms with Crippen molar-refractivity contribution in [3.05, 3.63) is 46.8 Å². The summed E-state index contributed by atoms with van der Waals surface area (Å²) in [5.74, 6) is 0.463. The van der Waals surface area contributed by atoms with Gasteiger partial charge in [-0.15, -0.1) is 10.2 Å². The molecule has 21 heavy (non-hydrogen) atoms. The van der Waals surface area contributed by atoms with Crippen molar-refractivity contribution in [3.8, 4) is 11.4 Å². The molecule has 4 aromatic rings. The SMILES string of the molecule is Cn1c2ccc(-c3nn[nH]n3)cc2c(=O)c2cccnc21. The smallest absolute Gasteiger partial charge is 0.204 e. The Morgan fingerprint density at radius 3 is 2.90 bits per heavy atom. The zero-order chi connectivity index (χ0) is 14.4. The maximum absolute atomic E-state index is 12.6. The number of pyridine rings is 2. The van der Waals surface area contributed by atoms with E-state index in [0.29, 0.717) is 22.2 Å². The third-order valence-corrected chi connectivity index (χ3v) is 3.56. The summed E-state index contributed by atoms with van der Waals surface area (Å²) in [6.07, 6.45) is 1.68. The molecule has 3 aromatic heterocycles. The third kappa shape index (κ3) is 1.64. The Labute approximate surface area is 118 Å². The molecule has 3 heterocycles. The van der Waals surface area contributed by atoms with Gasteiger partial charge in [0.1, 0.15) is 5.65 Å². The first-order valence-corrected chi connectivity index (χ1v) is 6.37. The lowest BCUT2D eigenvalue weighted by atomic mass is 10.1. The summed E-state index contributed by atoms with van der Waals surface area (Å²) in [4.78, 5) is 16.9. The second kappa shape index (κ2) is 4.20. The highest BCUT2D eigenvalue weighted by Crippen LogP contribution is 2.21. The summed E-state index contributed by atoms with van der Waals surface area (Å²) in [6.45, 7) is 0. The molecule has 0 spiro atoms. The summed E-state index contributed by atoms with van der Waals surface area (Å²) in [6, 6.07) is 9.07. The van der Waals surface area contributed by atoms with E-state index in [1.165, 1.54) is 0 Å². The van der Waals surface area contributed by atoms with Crippen LogP contribution in [0.1, 0.15) is 0 Å². The van der Waals surface area contributed by atoms with Gasteiger partial charge in [0, 0.05) is 24.2 Å². The molecule has 4 rings (SSSR count). The summed E-state index contributed by atoms with van der Waals surface area (Å²) in [5.41, 5.74) is 2.19. The highest BCUT2D eigenvalue weighted by atomic mass is 16.1. The number of H-pyrrole nitrogens is 1. The van der Waals surface area contributed by atoms with Crippen molar-refractivity contribution in [3.63, 3.8) is 0 Å². The number of nitrogens with one attached hydrogen (secondary N) is 1. The van der Waals surface area contributed by atoms with Crippen LogP contribution in [0.2, 0.25) is 0 Å². The fraction of sp³-hybridized carbons (Fsp3) is 0.0714. The van der Waals surface area contributed by atoms with Crippen LogP contribution >= 0.6 is 0 Å². The second-order valence-corrected chi connectivity index (χ2v) is 4.73. The van der Waals surface area contributed by atoms with E-state index in [4.69, 9.17) is 0 Å². The van der Waals surface area contributed by atoms with Gasteiger partial charge in [0.05, 0.1) is 10.9 Å². The molecule has 0 saturated heterocycles. The van der Waals surface area contributed by atoms with Gasteiger partial charge in [-0.2, -0.15) is 5.21 Å². The summed E-state index contributed by atoms with van der Waals surface area (Å²) in [7, 11) is 1.89. The Balaban J connectivity index is 2.15. The van der Waals surface area contributed by atoms with E-state index in [1.807, 2.05) is 23.7 Å². The number of hydrogen-bond acceptors (Lipinski definition) is 5. The van der Waals surface area contributed by atoms with Gasteiger partial charge in [-0.1, -0.05) is 0 Å². The van der Waals surface area contributed by atoms with Crippen molar-refractivity contribution in [1.29, 1.82) is 0 Å². The van der Waals surface area contributed by atoms with Crippen LogP contribution in [0, 0.1) is 0 Å².